The van der Waals surface area contributed by atoms with Crippen LogP contribution in [-0.2, 0) is 4.79 Å². The highest BCUT2D eigenvalue weighted by Crippen LogP contribution is 2.24. The molecule has 0 heterocycles. The molecule has 0 aliphatic carbocycles. The molecule has 0 fully saturated rings. The van der Waals surface area contributed by atoms with Crippen LogP contribution in [0.15, 0.2) is 42.0 Å². The van der Waals surface area contributed by atoms with Crippen molar-refractivity contribution in [3.05, 3.63) is 47.5 Å². The first-order valence-corrected chi connectivity index (χ1v) is 8.29. The van der Waals surface area contributed by atoms with E-state index in [9.17, 15) is 4.79 Å². The molecule has 2 N–H and O–H groups in total. The van der Waals surface area contributed by atoms with Crippen molar-refractivity contribution in [1.29, 1.82) is 5.26 Å². The predicted octanol–water partition coefficient (Wildman–Crippen LogP) is 3.86. The minimum atomic E-state index is -0.706. The molecule has 2 aromatic rings. The van der Waals surface area contributed by atoms with Crippen LogP contribution in [0.3, 0.4) is 0 Å². The van der Waals surface area contributed by atoms with Crippen molar-refractivity contribution in [2.24, 2.45) is 5.73 Å². The molecule has 24 heavy (non-hydrogen) atoms. The van der Waals surface area contributed by atoms with Crippen molar-refractivity contribution >= 4 is 28.4 Å². The Balaban J connectivity index is 2.38. The zero-order valence-electron chi connectivity index (χ0n) is 14.2. The standard InChI is InChI=1S/C20H23N3O/c1-3-9-23(10-4-2)19-8-7-16-11-15(5-6-17(16)13-19)12-18(14-21)20(22)24/h5-8,11-13H,3-4,9-10H2,1-2H3,(H2,22,24). The number of nitriles is 1. The van der Waals surface area contributed by atoms with E-state index in [1.54, 1.807) is 0 Å². The van der Waals surface area contributed by atoms with E-state index in [4.69, 9.17) is 11.0 Å². The van der Waals surface area contributed by atoms with Gasteiger partial charge in [-0.25, -0.2) is 0 Å². The Hall–Kier alpha value is -2.80. The lowest BCUT2D eigenvalue weighted by atomic mass is 10.0. The van der Waals surface area contributed by atoms with Crippen LogP contribution >= 0.6 is 0 Å². The molecule has 1 amide bonds. The third kappa shape index (κ3) is 4.14. The number of nitrogens with zero attached hydrogens (tertiary/aromatic N) is 2. The van der Waals surface area contributed by atoms with Crippen molar-refractivity contribution < 1.29 is 4.79 Å². The summed E-state index contributed by atoms with van der Waals surface area (Å²) in [4.78, 5) is 13.6. The van der Waals surface area contributed by atoms with E-state index >= 15 is 0 Å². The molecule has 124 valence electrons. The summed E-state index contributed by atoms with van der Waals surface area (Å²) < 4.78 is 0. The van der Waals surface area contributed by atoms with E-state index in [2.05, 4.69) is 36.9 Å². The van der Waals surface area contributed by atoms with Gasteiger partial charge in [-0.1, -0.05) is 32.0 Å². The van der Waals surface area contributed by atoms with Crippen LogP contribution < -0.4 is 10.6 Å². The van der Waals surface area contributed by atoms with Crippen LogP contribution in [0.4, 0.5) is 5.69 Å². The number of hydrogen-bond donors (Lipinski definition) is 1. The third-order valence-electron chi connectivity index (χ3n) is 3.90. The molecule has 0 aliphatic heterocycles. The van der Waals surface area contributed by atoms with Gasteiger partial charge in [0.05, 0.1) is 0 Å². The highest BCUT2D eigenvalue weighted by Gasteiger charge is 2.07. The smallest absolute Gasteiger partial charge is 0.259 e. The van der Waals surface area contributed by atoms with Crippen molar-refractivity contribution in [1.82, 2.24) is 0 Å². The van der Waals surface area contributed by atoms with Gasteiger partial charge in [0.2, 0.25) is 0 Å². The molecule has 0 bridgehead atoms. The zero-order valence-corrected chi connectivity index (χ0v) is 14.2. The number of hydrogen-bond acceptors (Lipinski definition) is 3. The highest BCUT2D eigenvalue weighted by molar-refractivity contribution is 6.01. The molecule has 2 aromatic carbocycles. The fourth-order valence-corrected chi connectivity index (χ4v) is 2.77. The van der Waals surface area contributed by atoms with Crippen LogP contribution in [0.5, 0.6) is 0 Å². The maximum Gasteiger partial charge on any atom is 0.259 e. The quantitative estimate of drug-likeness (QED) is 0.622. The average Bonchev–Trinajstić information content (AvgIpc) is 2.58. The molecule has 0 unspecified atom stereocenters. The number of anilines is 1. The van der Waals surface area contributed by atoms with Gasteiger partial charge < -0.3 is 10.6 Å². The molecule has 0 saturated carbocycles. The predicted molar refractivity (Wildman–Crippen MR) is 99.5 cm³/mol. The minimum Gasteiger partial charge on any atom is -0.372 e. The summed E-state index contributed by atoms with van der Waals surface area (Å²) in [5, 5.41) is 11.2. The Bertz CT molecular complexity index is 796. The molecule has 2 rings (SSSR count). The maximum atomic E-state index is 11.2. The van der Waals surface area contributed by atoms with Gasteiger partial charge in [0.1, 0.15) is 11.6 Å². The Labute approximate surface area is 143 Å². The molecule has 0 spiro atoms. The summed E-state index contributed by atoms with van der Waals surface area (Å²) >= 11 is 0. The van der Waals surface area contributed by atoms with Crippen molar-refractivity contribution in [3.63, 3.8) is 0 Å². The molecule has 4 heteroatoms. The summed E-state index contributed by atoms with van der Waals surface area (Å²) in [7, 11) is 0. The van der Waals surface area contributed by atoms with Crippen LogP contribution in [0.1, 0.15) is 32.3 Å². The highest BCUT2D eigenvalue weighted by atomic mass is 16.1. The Morgan fingerprint density at radius 2 is 1.75 bits per heavy atom. The SMILES string of the molecule is CCCN(CCC)c1ccc2cc(C=C(C#N)C(N)=O)ccc2c1. The Kier molecular flexibility index (Phi) is 5.97. The second kappa shape index (κ2) is 8.16. The lowest BCUT2D eigenvalue weighted by Gasteiger charge is -2.24. The second-order valence-corrected chi connectivity index (χ2v) is 5.81. The molecular weight excluding hydrogens is 298 g/mol. The van der Waals surface area contributed by atoms with Gasteiger partial charge in [-0.15, -0.1) is 0 Å². The van der Waals surface area contributed by atoms with E-state index in [1.165, 1.54) is 11.8 Å². The van der Waals surface area contributed by atoms with Crippen LogP contribution in [-0.4, -0.2) is 19.0 Å². The number of benzene rings is 2. The fourth-order valence-electron chi connectivity index (χ4n) is 2.77. The van der Waals surface area contributed by atoms with E-state index in [0.29, 0.717) is 0 Å². The first kappa shape index (κ1) is 17.6. The maximum absolute atomic E-state index is 11.2. The van der Waals surface area contributed by atoms with Gasteiger partial charge in [-0.3, -0.25) is 4.79 Å². The van der Waals surface area contributed by atoms with Crippen molar-refractivity contribution in [2.45, 2.75) is 26.7 Å². The normalized spacial score (nSPS) is 11.3. The summed E-state index contributed by atoms with van der Waals surface area (Å²) in [5.74, 6) is -0.706. The van der Waals surface area contributed by atoms with Gasteiger partial charge in [-0.2, -0.15) is 5.26 Å². The number of nitrogens with two attached hydrogens (primary N) is 1. The van der Waals surface area contributed by atoms with E-state index in [0.717, 1.165) is 42.3 Å². The number of primary amides is 1. The second-order valence-electron chi connectivity index (χ2n) is 5.81. The summed E-state index contributed by atoms with van der Waals surface area (Å²) in [5.41, 5.74) is 7.17. The van der Waals surface area contributed by atoms with Crippen LogP contribution in [0.25, 0.3) is 16.8 Å². The first-order chi connectivity index (χ1) is 11.6. The molecule has 4 nitrogen and oxygen atoms in total. The molecular formula is C20H23N3O. The number of carbonyl (C=O) groups excluding carboxylic acids is 1. The fraction of sp³-hybridized carbons (Fsp3) is 0.300. The monoisotopic (exact) mass is 321 g/mol. The van der Waals surface area contributed by atoms with Gasteiger partial charge in [-0.05, 0) is 53.5 Å². The van der Waals surface area contributed by atoms with Gasteiger partial charge in [0.15, 0.2) is 0 Å². The topological polar surface area (TPSA) is 70.1 Å². The Morgan fingerprint density at radius 3 is 2.33 bits per heavy atom. The van der Waals surface area contributed by atoms with E-state index in [1.807, 2.05) is 24.3 Å². The minimum absolute atomic E-state index is 0.0389. The van der Waals surface area contributed by atoms with Gasteiger partial charge >= 0.3 is 0 Å². The number of amides is 1. The lowest BCUT2D eigenvalue weighted by Crippen LogP contribution is -2.24. The Morgan fingerprint density at radius 1 is 1.12 bits per heavy atom. The molecule has 0 aromatic heterocycles. The summed E-state index contributed by atoms with van der Waals surface area (Å²) in [6.07, 6.45) is 3.76. The average molecular weight is 321 g/mol. The van der Waals surface area contributed by atoms with E-state index < -0.39 is 5.91 Å². The third-order valence-corrected chi connectivity index (χ3v) is 3.90. The molecule has 0 atom stereocenters. The largest absolute Gasteiger partial charge is 0.372 e. The number of fused-ring (bicyclic) bond motifs is 1. The van der Waals surface area contributed by atoms with Crippen molar-refractivity contribution in [3.8, 4) is 6.07 Å². The lowest BCUT2D eigenvalue weighted by molar-refractivity contribution is -0.114. The van der Waals surface area contributed by atoms with Crippen molar-refractivity contribution in [2.75, 3.05) is 18.0 Å². The van der Waals surface area contributed by atoms with Crippen LogP contribution in [0.2, 0.25) is 0 Å². The summed E-state index contributed by atoms with van der Waals surface area (Å²) in [6.45, 7) is 6.47. The zero-order chi connectivity index (χ0) is 17.5. The molecule has 0 aliphatic rings. The number of rotatable bonds is 7. The van der Waals surface area contributed by atoms with Gasteiger partial charge in [0, 0.05) is 18.8 Å². The first-order valence-electron chi connectivity index (χ1n) is 8.29. The molecule has 0 saturated heterocycles. The van der Waals surface area contributed by atoms with Crippen LogP contribution in [0, 0.1) is 11.3 Å². The summed E-state index contributed by atoms with van der Waals surface area (Å²) in [6, 6.07) is 14.1. The number of carbonyl (C=O) groups is 1. The van der Waals surface area contributed by atoms with Gasteiger partial charge in [0.25, 0.3) is 5.91 Å². The van der Waals surface area contributed by atoms with E-state index in [-0.39, 0.29) is 5.57 Å². The molecule has 0 radical (unpaired) electrons.